The first-order valence-electron chi connectivity index (χ1n) is 9.91. The van der Waals surface area contributed by atoms with Crippen molar-refractivity contribution < 1.29 is 14.0 Å². The fourth-order valence-corrected chi connectivity index (χ4v) is 3.12. The fraction of sp³-hybridized carbons (Fsp3) is 0.250. The quantitative estimate of drug-likeness (QED) is 0.574. The van der Waals surface area contributed by atoms with Gasteiger partial charge in [0.25, 0.3) is 0 Å². The number of nitrogens with zero attached hydrogens (tertiary/aromatic N) is 1. The summed E-state index contributed by atoms with van der Waals surface area (Å²) in [4.78, 5) is 26.1. The zero-order valence-electron chi connectivity index (χ0n) is 17.3. The Kier molecular flexibility index (Phi) is 7.40. The van der Waals surface area contributed by atoms with Crippen LogP contribution in [0.15, 0.2) is 77.4 Å². The molecule has 1 aromatic heterocycles. The van der Waals surface area contributed by atoms with Crippen LogP contribution >= 0.6 is 0 Å². The van der Waals surface area contributed by atoms with Crippen LogP contribution in [0.25, 0.3) is 0 Å². The van der Waals surface area contributed by atoms with E-state index < -0.39 is 0 Å². The zero-order valence-corrected chi connectivity index (χ0v) is 17.3. The summed E-state index contributed by atoms with van der Waals surface area (Å²) in [6.45, 7) is 2.46. The minimum absolute atomic E-state index is 0.0121. The maximum atomic E-state index is 12.6. The molecule has 2 N–H and O–H groups in total. The number of hydrogen-bond donors (Lipinski definition) is 2. The lowest BCUT2D eigenvalue weighted by atomic mass is 9.98. The average Bonchev–Trinajstić information content (AvgIpc) is 3.28. The predicted molar refractivity (Wildman–Crippen MR) is 116 cm³/mol. The summed E-state index contributed by atoms with van der Waals surface area (Å²) in [6.07, 6.45) is 1.56. The number of carbonyl (C=O) groups excluding carboxylic acids is 2. The highest BCUT2D eigenvalue weighted by Gasteiger charge is 2.18. The first-order chi connectivity index (χ1) is 14.5. The van der Waals surface area contributed by atoms with Crippen LogP contribution in [-0.4, -0.2) is 36.9 Å². The Bertz CT molecular complexity index is 938. The molecule has 6 nitrogen and oxygen atoms in total. The number of hydrogen-bond acceptors (Lipinski definition) is 4. The van der Waals surface area contributed by atoms with Crippen molar-refractivity contribution in [3.8, 4) is 0 Å². The van der Waals surface area contributed by atoms with Crippen LogP contribution in [0.3, 0.4) is 0 Å². The maximum Gasteiger partial charge on any atom is 0.239 e. The molecule has 0 aliphatic carbocycles. The van der Waals surface area contributed by atoms with E-state index in [4.69, 9.17) is 4.42 Å². The number of furan rings is 1. The van der Waals surface area contributed by atoms with E-state index >= 15 is 0 Å². The third-order valence-corrected chi connectivity index (χ3v) is 4.85. The van der Waals surface area contributed by atoms with Crippen molar-refractivity contribution >= 4 is 11.8 Å². The van der Waals surface area contributed by atoms with Gasteiger partial charge in [-0.3, -0.25) is 14.9 Å². The summed E-state index contributed by atoms with van der Waals surface area (Å²) >= 11 is 0. The second-order valence-corrected chi connectivity index (χ2v) is 7.24. The second-order valence-electron chi connectivity index (χ2n) is 7.24. The normalized spacial score (nSPS) is 11.7. The van der Waals surface area contributed by atoms with Crippen molar-refractivity contribution in [2.45, 2.75) is 19.5 Å². The molecule has 0 aliphatic rings. The lowest BCUT2D eigenvalue weighted by Crippen LogP contribution is -2.42. The van der Waals surface area contributed by atoms with Gasteiger partial charge >= 0.3 is 0 Å². The standard InChI is InChI=1S/C24H27N3O3/c1-18-10-12-20(13-11-18)24(19-7-4-3-5-8-19)26-16-23(29)27(2)17-22(28)25-15-21-9-6-14-30-21/h3-14,24,26H,15-17H2,1-2H3,(H,25,28)/t24-/m1/s1. The molecule has 3 aromatic rings. The monoisotopic (exact) mass is 405 g/mol. The molecule has 1 atom stereocenters. The van der Waals surface area contributed by atoms with Crippen molar-refractivity contribution in [2.24, 2.45) is 0 Å². The van der Waals surface area contributed by atoms with Crippen molar-refractivity contribution in [1.29, 1.82) is 0 Å². The topological polar surface area (TPSA) is 74.6 Å². The molecule has 3 rings (SSSR count). The summed E-state index contributed by atoms with van der Waals surface area (Å²) in [5, 5.41) is 6.09. The molecule has 0 saturated heterocycles. The maximum absolute atomic E-state index is 12.6. The van der Waals surface area contributed by atoms with E-state index in [2.05, 4.69) is 34.9 Å². The van der Waals surface area contributed by atoms with Gasteiger partial charge in [-0.15, -0.1) is 0 Å². The molecule has 0 aliphatic heterocycles. The molecule has 1 heterocycles. The zero-order chi connectivity index (χ0) is 21.3. The van der Waals surface area contributed by atoms with Crippen molar-refractivity contribution in [3.63, 3.8) is 0 Å². The first kappa shape index (κ1) is 21.3. The number of benzene rings is 2. The molecule has 6 heteroatoms. The molecular formula is C24H27N3O3. The summed E-state index contributed by atoms with van der Waals surface area (Å²) in [7, 11) is 1.62. The third kappa shape index (κ3) is 6.06. The molecule has 30 heavy (non-hydrogen) atoms. The third-order valence-electron chi connectivity index (χ3n) is 4.85. The molecule has 0 radical (unpaired) electrons. The van der Waals surface area contributed by atoms with E-state index in [0.717, 1.165) is 11.1 Å². The Morgan fingerprint density at radius 3 is 2.33 bits per heavy atom. The summed E-state index contributed by atoms with van der Waals surface area (Å²) in [5.74, 6) is 0.277. The molecule has 0 bridgehead atoms. The van der Waals surface area contributed by atoms with Gasteiger partial charge in [0.05, 0.1) is 31.9 Å². The van der Waals surface area contributed by atoms with Crippen LogP contribution in [0.5, 0.6) is 0 Å². The highest BCUT2D eigenvalue weighted by molar-refractivity contribution is 5.85. The van der Waals surface area contributed by atoms with Gasteiger partial charge in [-0.1, -0.05) is 60.2 Å². The van der Waals surface area contributed by atoms with E-state index in [1.807, 2.05) is 37.3 Å². The molecule has 0 unspecified atom stereocenters. The van der Waals surface area contributed by atoms with Crippen LogP contribution in [0.4, 0.5) is 0 Å². The van der Waals surface area contributed by atoms with Crippen LogP contribution in [0.1, 0.15) is 28.5 Å². The van der Waals surface area contributed by atoms with Crippen LogP contribution in [-0.2, 0) is 16.1 Å². The largest absolute Gasteiger partial charge is 0.467 e. The van der Waals surface area contributed by atoms with E-state index in [1.165, 1.54) is 10.5 Å². The molecule has 2 aromatic carbocycles. The minimum Gasteiger partial charge on any atom is -0.467 e. The molecule has 0 spiro atoms. The van der Waals surface area contributed by atoms with Gasteiger partial charge in [-0.2, -0.15) is 0 Å². The smallest absolute Gasteiger partial charge is 0.239 e. The van der Waals surface area contributed by atoms with Crippen LogP contribution in [0.2, 0.25) is 0 Å². The Labute approximate surface area is 176 Å². The van der Waals surface area contributed by atoms with Gasteiger partial charge in [-0.25, -0.2) is 0 Å². The summed E-state index contributed by atoms with van der Waals surface area (Å²) in [5.41, 5.74) is 3.34. The predicted octanol–water partition coefficient (Wildman–Crippen LogP) is 3.04. The molecule has 0 saturated carbocycles. The number of likely N-dealkylation sites (N-methyl/N-ethyl adjacent to an activating group) is 1. The minimum atomic E-state index is -0.236. The van der Waals surface area contributed by atoms with Crippen LogP contribution < -0.4 is 10.6 Å². The number of carbonyl (C=O) groups is 2. The van der Waals surface area contributed by atoms with Crippen molar-refractivity contribution in [2.75, 3.05) is 20.1 Å². The van der Waals surface area contributed by atoms with Gasteiger partial charge in [0.2, 0.25) is 11.8 Å². The van der Waals surface area contributed by atoms with Gasteiger partial charge < -0.3 is 14.6 Å². The molecule has 2 amide bonds. The Balaban J connectivity index is 1.56. The van der Waals surface area contributed by atoms with Gasteiger partial charge in [-0.05, 0) is 30.2 Å². The Hall–Kier alpha value is -3.38. The fourth-order valence-electron chi connectivity index (χ4n) is 3.12. The van der Waals surface area contributed by atoms with Gasteiger partial charge in [0.15, 0.2) is 0 Å². The molecule has 0 fully saturated rings. The molecular weight excluding hydrogens is 378 g/mol. The summed E-state index contributed by atoms with van der Waals surface area (Å²) < 4.78 is 5.19. The highest BCUT2D eigenvalue weighted by atomic mass is 16.3. The number of amides is 2. The summed E-state index contributed by atoms with van der Waals surface area (Å²) in [6, 6.07) is 21.7. The number of nitrogens with one attached hydrogen (secondary N) is 2. The molecule has 156 valence electrons. The van der Waals surface area contributed by atoms with Crippen molar-refractivity contribution in [3.05, 3.63) is 95.4 Å². The van der Waals surface area contributed by atoms with Gasteiger partial charge in [0.1, 0.15) is 5.76 Å². The Morgan fingerprint density at radius 2 is 1.67 bits per heavy atom. The van der Waals surface area contributed by atoms with Crippen molar-refractivity contribution in [1.82, 2.24) is 15.5 Å². The van der Waals surface area contributed by atoms with E-state index in [0.29, 0.717) is 12.3 Å². The van der Waals surface area contributed by atoms with E-state index in [9.17, 15) is 9.59 Å². The van der Waals surface area contributed by atoms with Crippen LogP contribution in [0, 0.1) is 6.92 Å². The van der Waals surface area contributed by atoms with E-state index in [1.54, 1.807) is 25.4 Å². The lowest BCUT2D eigenvalue weighted by molar-refractivity contribution is -0.134. The van der Waals surface area contributed by atoms with Gasteiger partial charge in [0, 0.05) is 7.05 Å². The van der Waals surface area contributed by atoms with E-state index in [-0.39, 0.29) is 30.9 Å². The first-order valence-corrected chi connectivity index (χ1v) is 9.91. The highest BCUT2D eigenvalue weighted by Crippen LogP contribution is 2.22. The average molecular weight is 405 g/mol. The SMILES string of the molecule is Cc1ccc([C@H](NCC(=O)N(C)CC(=O)NCc2ccco2)c2ccccc2)cc1. The number of aryl methyl sites for hydroxylation is 1. The second kappa shape index (κ2) is 10.4. The lowest BCUT2D eigenvalue weighted by Gasteiger charge is -2.22. The Morgan fingerprint density at radius 1 is 0.967 bits per heavy atom. The number of rotatable bonds is 9.